The number of halogens is 2. The number of nitrogens with one attached hydrogen (secondary N) is 1. The van der Waals surface area contributed by atoms with Crippen molar-refractivity contribution >= 4 is 36.4 Å². The number of anilines is 1. The van der Waals surface area contributed by atoms with Gasteiger partial charge < -0.3 is 20.7 Å². The second-order valence-corrected chi connectivity index (χ2v) is 5.12. The van der Waals surface area contributed by atoms with Crippen LogP contribution >= 0.6 is 24.8 Å². The van der Waals surface area contributed by atoms with Crippen LogP contribution in [0.1, 0.15) is 12.8 Å². The molecule has 1 heterocycles. The van der Waals surface area contributed by atoms with Crippen LogP contribution in [0.25, 0.3) is 0 Å². The fraction of sp³-hybridized carbons (Fsp3) is 0.533. The number of nitrogens with zero attached hydrogens (tertiary/aromatic N) is 1. The first-order valence-corrected chi connectivity index (χ1v) is 7.09. The Hall–Kier alpha value is -1.17. The van der Waals surface area contributed by atoms with E-state index in [2.05, 4.69) is 16.3 Å². The van der Waals surface area contributed by atoms with Gasteiger partial charge in [-0.25, -0.2) is 0 Å². The molecule has 0 spiro atoms. The highest BCUT2D eigenvalue weighted by Gasteiger charge is 2.24. The van der Waals surface area contributed by atoms with E-state index < -0.39 is 0 Å². The molecule has 1 aliphatic rings. The molecule has 1 atom stereocenters. The topological polar surface area (TPSA) is 67.6 Å². The lowest BCUT2D eigenvalue weighted by Gasteiger charge is -2.21. The molecule has 0 aromatic heterocycles. The molecule has 2 rings (SSSR count). The first kappa shape index (κ1) is 20.8. The summed E-state index contributed by atoms with van der Waals surface area (Å²) in [6.45, 7) is 3.08. The van der Waals surface area contributed by atoms with Crippen LogP contribution in [0.15, 0.2) is 24.3 Å². The second kappa shape index (κ2) is 10.5. The van der Waals surface area contributed by atoms with Gasteiger partial charge in [0.1, 0.15) is 5.75 Å². The van der Waals surface area contributed by atoms with Crippen LogP contribution in [0.4, 0.5) is 5.69 Å². The third-order valence-electron chi connectivity index (χ3n) is 3.67. The zero-order chi connectivity index (χ0) is 14.4. The summed E-state index contributed by atoms with van der Waals surface area (Å²) in [6, 6.07) is 8.05. The van der Waals surface area contributed by atoms with Crippen molar-refractivity contribution < 1.29 is 9.53 Å². The Morgan fingerprint density at radius 1 is 1.41 bits per heavy atom. The van der Waals surface area contributed by atoms with Gasteiger partial charge in [-0.2, -0.15) is 0 Å². The lowest BCUT2D eigenvalue weighted by molar-refractivity contribution is -0.121. The van der Waals surface area contributed by atoms with E-state index in [1.807, 2.05) is 18.2 Å². The molecule has 7 heteroatoms. The molecule has 1 aromatic carbocycles. The molecular formula is C15H25Cl2N3O2. The molecule has 1 aliphatic heterocycles. The van der Waals surface area contributed by atoms with Crippen LogP contribution in [-0.4, -0.2) is 39.2 Å². The minimum absolute atomic E-state index is 0. The van der Waals surface area contributed by atoms with Gasteiger partial charge >= 0.3 is 0 Å². The van der Waals surface area contributed by atoms with Crippen molar-refractivity contribution in [1.82, 2.24) is 5.32 Å². The molecular weight excluding hydrogens is 325 g/mol. The van der Waals surface area contributed by atoms with Crippen molar-refractivity contribution in [2.24, 2.45) is 11.7 Å². The monoisotopic (exact) mass is 349 g/mol. The van der Waals surface area contributed by atoms with E-state index in [1.54, 1.807) is 7.11 Å². The van der Waals surface area contributed by atoms with E-state index in [-0.39, 0.29) is 30.7 Å². The molecule has 1 aromatic rings. The third kappa shape index (κ3) is 5.55. The Balaban J connectivity index is 0.00000220. The SMILES string of the molecule is COc1ccccc1N1CCC(CNC(=O)CCN)C1.Cl.Cl. The average Bonchev–Trinajstić information content (AvgIpc) is 2.94. The van der Waals surface area contributed by atoms with Crippen LogP contribution in [0.5, 0.6) is 5.75 Å². The summed E-state index contributed by atoms with van der Waals surface area (Å²) in [7, 11) is 1.69. The highest BCUT2D eigenvalue weighted by molar-refractivity contribution is 5.85. The molecule has 0 saturated carbocycles. The summed E-state index contributed by atoms with van der Waals surface area (Å²) >= 11 is 0. The van der Waals surface area contributed by atoms with E-state index in [1.165, 1.54) is 0 Å². The Morgan fingerprint density at radius 2 is 2.14 bits per heavy atom. The number of amides is 1. The number of benzene rings is 1. The first-order valence-electron chi connectivity index (χ1n) is 7.09. The largest absolute Gasteiger partial charge is 0.495 e. The van der Waals surface area contributed by atoms with Crippen LogP contribution < -0.4 is 20.7 Å². The van der Waals surface area contributed by atoms with Crippen LogP contribution in [0.2, 0.25) is 0 Å². The smallest absolute Gasteiger partial charge is 0.221 e. The average molecular weight is 350 g/mol. The van der Waals surface area contributed by atoms with E-state index in [0.717, 1.165) is 37.5 Å². The standard InChI is InChI=1S/C15H23N3O2.2ClH/c1-20-14-5-3-2-4-13(14)18-9-7-12(11-18)10-17-15(19)6-8-16;;/h2-5,12H,6-11,16H2,1H3,(H,17,19);2*1H. The Kier molecular flexibility index (Phi) is 9.98. The number of methoxy groups -OCH3 is 1. The van der Waals surface area contributed by atoms with Crippen molar-refractivity contribution in [3.63, 3.8) is 0 Å². The fourth-order valence-corrected chi connectivity index (χ4v) is 2.59. The number of carbonyl (C=O) groups excluding carboxylic acids is 1. The summed E-state index contributed by atoms with van der Waals surface area (Å²) in [5, 5.41) is 2.95. The van der Waals surface area contributed by atoms with Gasteiger partial charge in [-0.1, -0.05) is 12.1 Å². The Bertz CT molecular complexity index is 460. The van der Waals surface area contributed by atoms with Crippen molar-refractivity contribution in [3.05, 3.63) is 24.3 Å². The van der Waals surface area contributed by atoms with E-state index >= 15 is 0 Å². The summed E-state index contributed by atoms with van der Waals surface area (Å²) in [6.07, 6.45) is 1.49. The molecule has 1 amide bonds. The first-order chi connectivity index (χ1) is 9.74. The van der Waals surface area contributed by atoms with Gasteiger partial charge in [0, 0.05) is 32.6 Å². The molecule has 126 valence electrons. The number of ether oxygens (including phenoxy) is 1. The highest BCUT2D eigenvalue weighted by atomic mass is 35.5. The zero-order valence-electron chi connectivity index (χ0n) is 12.8. The molecule has 1 unspecified atom stereocenters. The number of hydrogen-bond donors (Lipinski definition) is 2. The molecule has 0 bridgehead atoms. The molecule has 0 aliphatic carbocycles. The number of rotatable bonds is 6. The van der Waals surface area contributed by atoms with Gasteiger partial charge in [0.15, 0.2) is 0 Å². The predicted molar refractivity (Wildman–Crippen MR) is 94.5 cm³/mol. The van der Waals surface area contributed by atoms with Crippen molar-refractivity contribution in [3.8, 4) is 5.75 Å². The third-order valence-corrected chi connectivity index (χ3v) is 3.67. The maximum Gasteiger partial charge on any atom is 0.221 e. The number of carbonyl (C=O) groups is 1. The Morgan fingerprint density at radius 3 is 2.82 bits per heavy atom. The second-order valence-electron chi connectivity index (χ2n) is 5.12. The predicted octanol–water partition coefficient (Wildman–Crippen LogP) is 1.83. The van der Waals surface area contributed by atoms with Gasteiger partial charge in [0.2, 0.25) is 5.91 Å². The van der Waals surface area contributed by atoms with Gasteiger partial charge in [-0.05, 0) is 24.5 Å². The van der Waals surface area contributed by atoms with Crippen LogP contribution in [-0.2, 0) is 4.79 Å². The number of nitrogens with two attached hydrogens (primary N) is 1. The van der Waals surface area contributed by atoms with Crippen LogP contribution in [0.3, 0.4) is 0 Å². The zero-order valence-corrected chi connectivity index (χ0v) is 14.4. The van der Waals surface area contributed by atoms with E-state index in [4.69, 9.17) is 10.5 Å². The molecule has 5 nitrogen and oxygen atoms in total. The summed E-state index contributed by atoms with van der Waals surface area (Å²) in [5.41, 5.74) is 6.49. The number of para-hydroxylation sites is 2. The molecule has 0 radical (unpaired) electrons. The molecule has 1 fully saturated rings. The Labute approximate surface area is 144 Å². The van der Waals surface area contributed by atoms with Gasteiger partial charge in [-0.3, -0.25) is 4.79 Å². The van der Waals surface area contributed by atoms with E-state index in [0.29, 0.717) is 18.9 Å². The van der Waals surface area contributed by atoms with Crippen molar-refractivity contribution in [2.45, 2.75) is 12.8 Å². The van der Waals surface area contributed by atoms with Gasteiger partial charge in [0.25, 0.3) is 0 Å². The fourth-order valence-electron chi connectivity index (χ4n) is 2.59. The number of hydrogen-bond acceptors (Lipinski definition) is 4. The normalized spacial score (nSPS) is 16.5. The van der Waals surface area contributed by atoms with Crippen molar-refractivity contribution in [2.75, 3.05) is 38.2 Å². The minimum Gasteiger partial charge on any atom is -0.495 e. The molecule has 3 N–H and O–H groups in total. The van der Waals surface area contributed by atoms with Crippen LogP contribution in [0, 0.1) is 5.92 Å². The highest BCUT2D eigenvalue weighted by Crippen LogP contribution is 2.31. The van der Waals surface area contributed by atoms with Gasteiger partial charge in [0.05, 0.1) is 12.8 Å². The van der Waals surface area contributed by atoms with E-state index in [9.17, 15) is 4.79 Å². The summed E-state index contributed by atoms with van der Waals surface area (Å²) in [4.78, 5) is 13.7. The maximum atomic E-state index is 11.4. The lowest BCUT2D eigenvalue weighted by atomic mass is 10.1. The molecule has 1 saturated heterocycles. The maximum absolute atomic E-state index is 11.4. The molecule has 22 heavy (non-hydrogen) atoms. The summed E-state index contributed by atoms with van der Waals surface area (Å²) < 4.78 is 5.40. The van der Waals surface area contributed by atoms with Crippen molar-refractivity contribution in [1.29, 1.82) is 0 Å². The summed E-state index contributed by atoms with van der Waals surface area (Å²) in [5.74, 6) is 1.44. The van der Waals surface area contributed by atoms with Gasteiger partial charge in [-0.15, -0.1) is 24.8 Å². The quantitative estimate of drug-likeness (QED) is 0.822. The lowest BCUT2D eigenvalue weighted by Crippen LogP contribution is -2.32. The minimum atomic E-state index is 0.